The van der Waals surface area contributed by atoms with Crippen molar-refractivity contribution in [2.45, 2.75) is 44.7 Å². The van der Waals surface area contributed by atoms with Gasteiger partial charge in [0.1, 0.15) is 5.75 Å². The van der Waals surface area contributed by atoms with Gasteiger partial charge in [0.15, 0.2) is 0 Å². The minimum atomic E-state index is -0.737. The van der Waals surface area contributed by atoms with Gasteiger partial charge in [0, 0.05) is 6.04 Å². The highest BCUT2D eigenvalue weighted by Gasteiger charge is 2.26. The van der Waals surface area contributed by atoms with Crippen LogP contribution in [0.5, 0.6) is 5.75 Å². The summed E-state index contributed by atoms with van der Waals surface area (Å²) in [5, 5.41) is 14.8. The third kappa shape index (κ3) is 4.87. The summed E-state index contributed by atoms with van der Waals surface area (Å²) in [4.78, 5) is 23.0. The molecule has 2 amide bonds. The molecule has 126 valence electrons. The number of nitrogens with one attached hydrogen (secondary N) is 2. The number of hydrogen-bond donors (Lipinski definition) is 3. The summed E-state index contributed by atoms with van der Waals surface area (Å²) in [5.41, 5.74) is 0.967. The van der Waals surface area contributed by atoms with E-state index in [4.69, 9.17) is 9.84 Å². The van der Waals surface area contributed by atoms with Crippen LogP contribution in [0.1, 0.15) is 44.2 Å². The number of amides is 2. The zero-order chi connectivity index (χ0) is 16.8. The lowest BCUT2D eigenvalue weighted by Gasteiger charge is -2.27. The van der Waals surface area contributed by atoms with Crippen LogP contribution in [0.4, 0.5) is 4.79 Å². The molecule has 1 aliphatic rings. The molecule has 1 unspecified atom stereocenters. The Morgan fingerprint density at radius 3 is 2.57 bits per heavy atom. The van der Waals surface area contributed by atoms with Crippen LogP contribution in [-0.2, 0) is 4.79 Å². The van der Waals surface area contributed by atoms with Crippen LogP contribution in [0.25, 0.3) is 0 Å². The molecule has 0 spiro atoms. The van der Waals surface area contributed by atoms with Crippen LogP contribution in [-0.4, -0.2) is 30.3 Å². The predicted molar refractivity (Wildman–Crippen MR) is 86.5 cm³/mol. The number of carbonyl (C=O) groups excluding carboxylic acids is 1. The second-order valence-corrected chi connectivity index (χ2v) is 6.00. The van der Waals surface area contributed by atoms with Gasteiger partial charge in [-0.1, -0.05) is 12.1 Å². The molecule has 1 atom stereocenters. The summed E-state index contributed by atoms with van der Waals surface area (Å²) in [7, 11) is 1.61. The Balaban J connectivity index is 1.81. The fraction of sp³-hybridized carbons (Fsp3) is 0.529. The third-order valence-electron chi connectivity index (χ3n) is 4.35. The minimum Gasteiger partial charge on any atom is -0.497 e. The molecule has 1 aromatic carbocycles. The summed E-state index contributed by atoms with van der Waals surface area (Å²) in [6.07, 6.45) is 2.65. The van der Waals surface area contributed by atoms with E-state index in [0.717, 1.165) is 11.3 Å². The predicted octanol–water partition coefficient (Wildman–Crippen LogP) is 2.70. The van der Waals surface area contributed by atoms with Crippen molar-refractivity contribution in [2.24, 2.45) is 5.92 Å². The van der Waals surface area contributed by atoms with Crippen molar-refractivity contribution < 1.29 is 19.4 Å². The molecule has 1 aromatic rings. The number of hydrogen-bond acceptors (Lipinski definition) is 3. The van der Waals surface area contributed by atoms with Crippen LogP contribution < -0.4 is 15.4 Å². The molecular formula is C17H24N2O4. The minimum absolute atomic E-state index is 0.0445. The van der Waals surface area contributed by atoms with Gasteiger partial charge in [0.25, 0.3) is 0 Å². The van der Waals surface area contributed by atoms with Crippen molar-refractivity contribution >= 4 is 12.0 Å². The van der Waals surface area contributed by atoms with Crippen LogP contribution in [0.15, 0.2) is 24.3 Å². The lowest BCUT2D eigenvalue weighted by atomic mass is 9.86. The molecule has 1 fully saturated rings. The van der Waals surface area contributed by atoms with E-state index in [9.17, 15) is 9.59 Å². The molecule has 3 N–H and O–H groups in total. The largest absolute Gasteiger partial charge is 0.497 e. The van der Waals surface area contributed by atoms with E-state index in [1.54, 1.807) is 7.11 Å². The van der Waals surface area contributed by atoms with Gasteiger partial charge in [-0.05, 0) is 50.3 Å². The van der Waals surface area contributed by atoms with Gasteiger partial charge in [0.2, 0.25) is 0 Å². The SMILES string of the molecule is COc1cccc(C(C)NC(=O)NC2CCC(C(=O)O)CC2)c1. The summed E-state index contributed by atoms with van der Waals surface area (Å²) in [5.74, 6) is -0.255. The molecule has 0 bridgehead atoms. The number of rotatable bonds is 5. The Morgan fingerprint density at radius 1 is 1.26 bits per heavy atom. The Morgan fingerprint density at radius 2 is 1.96 bits per heavy atom. The molecule has 23 heavy (non-hydrogen) atoms. The van der Waals surface area contributed by atoms with Crippen LogP contribution in [0.3, 0.4) is 0 Å². The lowest BCUT2D eigenvalue weighted by molar-refractivity contribution is -0.142. The van der Waals surface area contributed by atoms with Gasteiger partial charge in [-0.3, -0.25) is 4.79 Å². The molecule has 0 radical (unpaired) electrons. The maximum absolute atomic E-state index is 12.1. The topological polar surface area (TPSA) is 87.7 Å². The van der Waals surface area contributed by atoms with E-state index in [2.05, 4.69) is 10.6 Å². The highest BCUT2D eigenvalue weighted by Crippen LogP contribution is 2.24. The van der Waals surface area contributed by atoms with E-state index < -0.39 is 5.97 Å². The Bertz CT molecular complexity index is 553. The first-order chi connectivity index (χ1) is 11.0. The van der Waals surface area contributed by atoms with E-state index in [0.29, 0.717) is 25.7 Å². The second-order valence-electron chi connectivity index (χ2n) is 6.00. The number of carboxylic acids is 1. The normalized spacial score (nSPS) is 22.0. The average Bonchev–Trinajstić information content (AvgIpc) is 2.55. The first-order valence-corrected chi connectivity index (χ1v) is 7.93. The monoisotopic (exact) mass is 320 g/mol. The second kappa shape index (κ2) is 7.85. The highest BCUT2D eigenvalue weighted by molar-refractivity contribution is 5.75. The third-order valence-corrected chi connectivity index (χ3v) is 4.35. The molecule has 0 saturated heterocycles. The van der Waals surface area contributed by atoms with Gasteiger partial charge in [-0.25, -0.2) is 4.79 Å². The first-order valence-electron chi connectivity index (χ1n) is 7.93. The zero-order valence-corrected chi connectivity index (χ0v) is 13.5. The number of methoxy groups -OCH3 is 1. The van der Waals surface area contributed by atoms with E-state index in [1.807, 2.05) is 31.2 Å². The van der Waals surface area contributed by atoms with Crippen molar-refractivity contribution in [1.29, 1.82) is 0 Å². The van der Waals surface area contributed by atoms with Crippen LogP contribution >= 0.6 is 0 Å². The standard InChI is InChI=1S/C17H24N2O4/c1-11(13-4-3-5-15(10-13)23-2)18-17(22)19-14-8-6-12(7-9-14)16(20)21/h3-5,10-12,14H,6-9H2,1-2H3,(H,20,21)(H2,18,19,22). The number of aliphatic carboxylic acids is 1. The number of urea groups is 1. The van der Waals surface area contributed by atoms with Crippen molar-refractivity contribution in [2.75, 3.05) is 7.11 Å². The number of carboxylic acid groups (broad SMARTS) is 1. The number of benzene rings is 1. The summed E-state index contributed by atoms with van der Waals surface area (Å²) >= 11 is 0. The molecule has 1 aliphatic carbocycles. The smallest absolute Gasteiger partial charge is 0.315 e. The lowest BCUT2D eigenvalue weighted by Crippen LogP contribution is -2.44. The molecule has 6 nitrogen and oxygen atoms in total. The Hall–Kier alpha value is -2.24. The van der Waals surface area contributed by atoms with E-state index in [-0.39, 0.29) is 24.0 Å². The van der Waals surface area contributed by atoms with Gasteiger partial charge in [0.05, 0.1) is 19.1 Å². The van der Waals surface area contributed by atoms with Crippen molar-refractivity contribution in [3.8, 4) is 5.75 Å². The van der Waals surface area contributed by atoms with E-state index in [1.165, 1.54) is 0 Å². The summed E-state index contributed by atoms with van der Waals surface area (Å²) in [6.45, 7) is 1.91. The first kappa shape index (κ1) is 17.1. The van der Waals surface area contributed by atoms with E-state index >= 15 is 0 Å². The van der Waals surface area contributed by atoms with Gasteiger partial charge in [-0.2, -0.15) is 0 Å². The molecular weight excluding hydrogens is 296 g/mol. The molecule has 2 rings (SSSR count). The van der Waals surface area contributed by atoms with Gasteiger partial charge >= 0.3 is 12.0 Å². The van der Waals surface area contributed by atoms with Gasteiger partial charge < -0.3 is 20.5 Å². The molecule has 0 heterocycles. The maximum atomic E-state index is 12.1. The number of carbonyl (C=O) groups is 2. The fourth-order valence-electron chi connectivity index (χ4n) is 2.90. The molecule has 6 heteroatoms. The number of ether oxygens (including phenoxy) is 1. The Labute approximate surface area is 136 Å². The molecule has 0 aliphatic heterocycles. The van der Waals surface area contributed by atoms with Crippen molar-refractivity contribution in [3.05, 3.63) is 29.8 Å². The molecule has 1 saturated carbocycles. The zero-order valence-electron chi connectivity index (χ0n) is 13.5. The highest BCUT2D eigenvalue weighted by atomic mass is 16.5. The molecule has 0 aromatic heterocycles. The maximum Gasteiger partial charge on any atom is 0.315 e. The summed E-state index contributed by atoms with van der Waals surface area (Å²) < 4.78 is 5.18. The quantitative estimate of drug-likeness (QED) is 0.778. The van der Waals surface area contributed by atoms with Crippen LogP contribution in [0.2, 0.25) is 0 Å². The summed E-state index contributed by atoms with van der Waals surface area (Å²) in [6, 6.07) is 7.26. The fourth-order valence-corrected chi connectivity index (χ4v) is 2.90. The van der Waals surface area contributed by atoms with Gasteiger partial charge in [-0.15, -0.1) is 0 Å². The Kier molecular flexibility index (Phi) is 5.84. The van der Waals surface area contributed by atoms with Crippen molar-refractivity contribution in [1.82, 2.24) is 10.6 Å². The van der Waals surface area contributed by atoms with Crippen molar-refractivity contribution in [3.63, 3.8) is 0 Å². The average molecular weight is 320 g/mol. The van der Waals surface area contributed by atoms with Crippen LogP contribution in [0, 0.1) is 5.92 Å².